The van der Waals surface area contributed by atoms with E-state index in [4.69, 9.17) is 26.8 Å². The minimum absolute atomic E-state index is 0.304. The van der Waals surface area contributed by atoms with E-state index in [1.54, 1.807) is 0 Å². The molecule has 21 heavy (non-hydrogen) atoms. The zero-order chi connectivity index (χ0) is 14.8. The molecule has 1 aromatic rings. The molecule has 0 spiro atoms. The van der Waals surface area contributed by atoms with Gasteiger partial charge in [-0.05, 0) is 56.6 Å². The summed E-state index contributed by atoms with van der Waals surface area (Å²) < 4.78 is 11.5. The van der Waals surface area contributed by atoms with Gasteiger partial charge in [0.05, 0.1) is 18.2 Å². The van der Waals surface area contributed by atoms with Crippen LogP contribution in [0.25, 0.3) is 0 Å². The molecule has 1 aromatic carbocycles. The molecule has 0 radical (unpaired) electrons. The van der Waals surface area contributed by atoms with Crippen LogP contribution in [-0.2, 0) is 0 Å². The van der Waals surface area contributed by atoms with E-state index in [2.05, 4.69) is 18.0 Å². The van der Waals surface area contributed by atoms with Crippen LogP contribution >= 0.6 is 11.6 Å². The first kappa shape index (κ1) is 14.9. The number of rotatable bonds is 2. The maximum absolute atomic E-state index is 6.42. The molecule has 2 aliphatic rings. The van der Waals surface area contributed by atoms with E-state index in [0.717, 1.165) is 25.1 Å². The van der Waals surface area contributed by atoms with Gasteiger partial charge >= 0.3 is 0 Å². The highest BCUT2D eigenvalue weighted by molar-refractivity contribution is 6.32. The van der Waals surface area contributed by atoms with Crippen molar-refractivity contribution in [1.82, 2.24) is 4.90 Å². The molecule has 3 rings (SSSR count). The number of likely N-dealkylation sites (tertiary alicyclic amines) is 1. The van der Waals surface area contributed by atoms with E-state index in [-0.39, 0.29) is 0 Å². The summed E-state index contributed by atoms with van der Waals surface area (Å²) in [6, 6.07) is 4.41. The van der Waals surface area contributed by atoms with Gasteiger partial charge in [-0.15, -0.1) is 0 Å². The smallest absolute Gasteiger partial charge is 0.179 e. The number of piperidine rings is 1. The number of hydrogen-bond acceptors (Lipinski definition) is 4. The number of halogens is 1. The fourth-order valence-electron chi connectivity index (χ4n) is 3.45. The Bertz CT molecular complexity index is 509. The zero-order valence-corrected chi connectivity index (χ0v) is 13.2. The molecule has 0 bridgehead atoms. The molecule has 5 heteroatoms. The van der Waals surface area contributed by atoms with E-state index >= 15 is 0 Å². The van der Waals surface area contributed by atoms with Gasteiger partial charge in [0.15, 0.2) is 11.5 Å². The van der Waals surface area contributed by atoms with E-state index in [9.17, 15) is 0 Å². The molecule has 2 atom stereocenters. The van der Waals surface area contributed by atoms with Crippen molar-refractivity contribution in [2.45, 2.75) is 25.3 Å². The third kappa shape index (κ3) is 2.98. The molecule has 2 N–H and O–H groups in total. The van der Waals surface area contributed by atoms with Gasteiger partial charge in [-0.2, -0.15) is 0 Å². The monoisotopic (exact) mass is 310 g/mol. The summed E-state index contributed by atoms with van der Waals surface area (Å²) in [7, 11) is 2.16. The van der Waals surface area contributed by atoms with Crippen LogP contribution in [0.4, 0.5) is 0 Å². The van der Waals surface area contributed by atoms with Gasteiger partial charge in [0.25, 0.3) is 0 Å². The third-order valence-electron chi connectivity index (χ3n) is 4.48. The second kappa shape index (κ2) is 6.42. The largest absolute Gasteiger partial charge is 0.489 e. The van der Waals surface area contributed by atoms with Crippen molar-refractivity contribution >= 4 is 11.6 Å². The van der Waals surface area contributed by atoms with Crippen LogP contribution in [0, 0.1) is 5.92 Å². The molecular formula is C16H23ClN2O2. The fourth-order valence-corrected chi connectivity index (χ4v) is 3.73. The molecule has 2 unspecified atom stereocenters. The fraction of sp³-hybridized carbons (Fsp3) is 0.625. The van der Waals surface area contributed by atoms with Crippen LogP contribution in [0.3, 0.4) is 0 Å². The summed E-state index contributed by atoms with van der Waals surface area (Å²) >= 11 is 6.42. The topological polar surface area (TPSA) is 47.7 Å². The maximum atomic E-state index is 6.42. The first-order chi connectivity index (χ1) is 10.2. The Labute approximate surface area is 131 Å². The van der Waals surface area contributed by atoms with E-state index in [1.165, 1.54) is 12.0 Å². The third-order valence-corrected chi connectivity index (χ3v) is 4.76. The molecule has 1 saturated heterocycles. The lowest BCUT2D eigenvalue weighted by Gasteiger charge is -2.39. The van der Waals surface area contributed by atoms with Gasteiger partial charge in [-0.3, -0.25) is 4.90 Å². The van der Waals surface area contributed by atoms with Crippen molar-refractivity contribution in [2.24, 2.45) is 11.7 Å². The molecule has 2 heterocycles. The normalized spacial score (nSPS) is 26.4. The molecule has 0 amide bonds. The quantitative estimate of drug-likeness (QED) is 0.912. The Hall–Kier alpha value is -0.970. The lowest BCUT2D eigenvalue weighted by atomic mass is 9.85. The highest BCUT2D eigenvalue weighted by Crippen LogP contribution is 2.43. The Balaban J connectivity index is 1.97. The summed E-state index contributed by atoms with van der Waals surface area (Å²) in [5.74, 6) is 1.91. The van der Waals surface area contributed by atoms with Crippen molar-refractivity contribution in [2.75, 3.05) is 33.4 Å². The van der Waals surface area contributed by atoms with Crippen LogP contribution in [0.15, 0.2) is 12.1 Å². The number of ether oxygens (including phenoxy) is 2. The average Bonchev–Trinajstić information content (AvgIpc) is 2.72. The SMILES string of the molecule is CN1CCCC(CN)C1c1cc(Cl)c2c(c1)OCCCO2. The first-order valence-electron chi connectivity index (χ1n) is 7.70. The number of benzene rings is 1. The van der Waals surface area contributed by atoms with Crippen molar-refractivity contribution in [3.8, 4) is 11.5 Å². The van der Waals surface area contributed by atoms with Crippen LogP contribution in [-0.4, -0.2) is 38.3 Å². The summed E-state index contributed by atoms with van der Waals surface area (Å²) in [5, 5.41) is 0.638. The average molecular weight is 311 g/mol. The minimum atomic E-state index is 0.304. The van der Waals surface area contributed by atoms with Crippen molar-refractivity contribution in [3.63, 3.8) is 0 Å². The number of nitrogens with two attached hydrogens (primary N) is 1. The zero-order valence-electron chi connectivity index (χ0n) is 12.5. The van der Waals surface area contributed by atoms with Crippen LogP contribution < -0.4 is 15.2 Å². The lowest BCUT2D eigenvalue weighted by Crippen LogP contribution is -2.39. The molecular weight excluding hydrogens is 288 g/mol. The van der Waals surface area contributed by atoms with E-state index in [0.29, 0.717) is 42.5 Å². The van der Waals surface area contributed by atoms with Gasteiger partial charge in [0, 0.05) is 12.5 Å². The standard InChI is InChI=1S/C16H23ClN2O2/c1-19-5-2-4-11(10-18)15(19)12-8-13(17)16-14(9-12)20-6-3-7-21-16/h8-9,11,15H,2-7,10,18H2,1H3. The second-order valence-electron chi connectivity index (χ2n) is 5.94. The molecule has 1 fully saturated rings. The van der Waals surface area contributed by atoms with Crippen LogP contribution in [0.2, 0.25) is 5.02 Å². The Morgan fingerprint density at radius 2 is 2.10 bits per heavy atom. The summed E-state index contributed by atoms with van der Waals surface area (Å²) in [5.41, 5.74) is 7.16. The van der Waals surface area contributed by atoms with E-state index in [1.807, 2.05) is 6.07 Å². The minimum Gasteiger partial charge on any atom is -0.489 e. The Morgan fingerprint density at radius 1 is 1.29 bits per heavy atom. The molecule has 4 nitrogen and oxygen atoms in total. The molecule has 116 valence electrons. The predicted molar refractivity (Wildman–Crippen MR) is 84.2 cm³/mol. The van der Waals surface area contributed by atoms with Gasteiger partial charge in [0.2, 0.25) is 0 Å². The Kier molecular flexibility index (Phi) is 4.57. The van der Waals surface area contributed by atoms with E-state index < -0.39 is 0 Å². The van der Waals surface area contributed by atoms with Crippen LogP contribution in [0.1, 0.15) is 30.9 Å². The van der Waals surface area contributed by atoms with Crippen molar-refractivity contribution < 1.29 is 9.47 Å². The molecule has 2 aliphatic heterocycles. The second-order valence-corrected chi connectivity index (χ2v) is 6.35. The first-order valence-corrected chi connectivity index (χ1v) is 8.08. The highest BCUT2D eigenvalue weighted by atomic mass is 35.5. The number of nitrogens with zero attached hydrogens (tertiary/aromatic N) is 1. The van der Waals surface area contributed by atoms with Gasteiger partial charge in [-0.1, -0.05) is 11.6 Å². The molecule has 0 aromatic heterocycles. The number of hydrogen-bond donors (Lipinski definition) is 1. The molecule has 0 aliphatic carbocycles. The Morgan fingerprint density at radius 3 is 2.90 bits per heavy atom. The molecule has 0 saturated carbocycles. The maximum Gasteiger partial charge on any atom is 0.179 e. The predicted octanol–water partition coefficient (Wildman–Crippen LogP) is 2.84. The highest BCUT2D eigenvalue weighted by Gasteiger charge is 2.31. The van der Waals surface area contributed by atoms with Gasteiger partial charge < -0.3 is 15.2 Å². The van der Waals surface area contributed by atoms with Gasteiger partial charge in [0.1, 0.15) is 0 Å². The summed E-state index contributed by atoms with van der Waals surface area (Å²) in [6.45, 7) is 3.11. The van der Waals surface area contributed by atoms with Crippen molar-refractivity contribution in [1.29, 1.82) is 0 Å². The number of fused-ring (bicyclic) bond motifs is 1. The van der Waals surface area contributed by atoms with Gasteiger partial charge in [-0.25, -0.2) is 0 Å². The van der Waals surface area contributed by atoms with Crippen molar-refractivity contribution in [3.05, 3.63) is 22.7 Å². The summed E-state index contributed by atoms with van der Waals surface area (Å²) in [4.78, 5) is 2.37. The summed E-state index contributed by atoms with van der Waals surface area (Å²) in [6.07, 6.45) is 3.25. The van der Waals surface area contributed by atoms with Crippen LogP contribution in [0.5, 0.6) is 11.5 Å². The lowest BCUT2D eigenvalue weighted by molar-refractivity contribution is 0.125.